The zero-order valence-corrected chi connectivity index (χ0v) is 17.4. The van der Waals surface area contributed by atoms with Crippen LogP contribution in [0.2, 0.25) is 0 Å². The topological polar surface area (TPSA) is 93.2 Å². The smallest absolute Gasteiger partial charge is 0.280 e. The average molecular weight is 420 g/mol. The van der Waals surface area contributed by atoms with E-state index < -0.39 is 0 Å². The number of carbonyl (C=O) groups excluding carboxylic acids is 1. The Morgan fingerprint density at radius 2 is 1.53 bits per heavy atom. The molecule has 0 amide bonds. The van der Waals surface area contributed by atoms with Gasteiger partial charge in [0.2, 0.25) is 0 Å². The molecule has 5 aromatic rings. The van der Waals surface area contributed by atoms with Gasteiger partial charge in [-0.05, 0) is 30.2 Å². The summed E-state index contributed by atoms with van der Waals surface area (Å²) in [6.07, 6.45) is 0.688. The summed E-state index contributed by atoms with van der Waals surface area (Å²) in [5, 5.41) is 3.27. The van der Waals surface area contributed by atoms with E-state index in [9.17, 15) is 9.59 Å². The van der Waals surface area contributed by atoms with E-state index in [0.717, 1.165) is 22.4 Å². The number of anilines is 1. The number of hydrogen-bond acceptors (Lipinski definition) is 4. The van der Waals surface area contributed by atoms with Crippen LogP contribution in [0, 0.1) is 6.92 Å². The number of benzene rings is 3. The first-order valence-electron chi connectivity index (χ1n) is 10.2. The van der Waals surface area contributed by atoms with Gasteiger partial charge < -0.3 is 5.73 Å². The number of aromatic nitrogens is 3. The highest BCUT2D eigenvalue weighted by Gasteiger charge is 2.21. The van der Waals surface area contributed by atoms with E-state index in [-0.39, 0.29) is 5.56 Å². The van der Waals surface area contributed by atoms with Crippen LogP contribution in [0.4, 0.5) is 5.69 Å². The van der Waals surface area contributed by atoms with E-state index in [0.29, 0.717) is 40.0 Å². The fourth-order valence-electron chi connectivity index (χ4n) is 4.04. The van der Waals surface area contributed by atoms with Crippen LogP contribution in [-0.4, -0.2) is 20.9 Å². The van der Waals surface area contributed by atoms with Crippen molar-refractivity contribution < 1.29 is 4.79 Å². The molecule has 2 aromatic heterocycles. The molecule has 0 aliphatic carbocycles. The molecule has 0 bridgehead atoms. The Bertz CT molecular complexity index is 1520. The molecule has 0 unspecified atom stereocenters. The van der Waals surface area contributed by atoms with Crippen LogP contribution in [-0.2, 0) is 0 Å². The van der Waals surface area contributed by atoms with Gasteiger partial charge in [0, 0.05) is 16.8 Å². The van der Waals surface area contributed by atoms with Gasteiger partial charge in [-0.2, -0.15) is 4.52 Å². The van der Waals surface area contributed by atoms with Crippen LogP contribution < -0.4 is 11.3 Å². The predicted molar refractivity (Wildman–Crippen MR) is 127 cm³/mol. The first-order valence-corrected chi connectivity index (χ1v) is 10.2. The van der Waals surface area contributed by atoms with Gasteiger partial charge in [-0.3, -0.25) is 14.7 Å². The molecular weight excluding hydrogens is 400 g/mol. The summed E-state index contributed by atoms with van der Waals surface area (Å²) in [5.41, 5.74) is 12.0. The van der Waals surface area contributed by atoms with Crippen LogP contribution in [0.25, 0.3) is 39.2 Å². The third-order valence-corrected chi connectivity index (χ3v) is 5.59. The number of H-pyrrole nitrogens is 1. The van der Waals surface area contributed by atoms with E-state index in [1.54, 1.807) is 25.1 Å². The molecule has 3 N–H and O–H groups in total. The first-order chi connectivity index (χ1) is 15.6. The van der Waals surface area contributed by atoms with Crippen molar-refractivity contribution in [3.05, 3.63) is 100 Å². The Kier molecular flexibility index (Phi) is 4.67. The van der Waals surface area contributed by atoms with E-state index >= 15 is 0 Å². The molecule has 0 fully saturated rings. The van der Waals surface area contributed by atoms with Crippen molar-refractivity contribution >= 4 is 17.6 Å². The van der Waals surface area contributed by atoms with Crippen LogP contribution in [0.1, 0.15) is 16.1 Å². The molecule has 0 saturated carbocycles. The Morgan fingerprint density at radius 1 is 0.875 bits per heavy atom. The number of aldehydes is 1. The molecule has 0 atom stereocenters. The highest BCUT2D eigenvalue weighted by Crippen LogP contribution is 2.34. The molecule has 32 heavy (non-hydrogen) atoms. The van der Waals surface area contributed by atoms with Gasteiger partial charge in [-0.25, -0.2) is 4.98 Å². The van der Waals surface area contributed by atoms with Crippen molar-refractivity contribution in [2.24, 2.45) is 0 Å². The van der Waals surface area contributed by atoms with Gasteiger partial charge in [0.1, 0.15) is 0 Å². The number of nitrogens with zero attached hydrogens (tertiary/aromatic N) is 2. The molecule has 0 aliphatic heterocycles. The fraction of sp³-hybridized carbons (Fsp3) is 0.0385. The normalized spacial score (nSPS) is 11.0. The maximum Gasteiger partial charge on any atom is 0.280 e. The Morgan fingerprint density at radius 3 is 2.19 bits per heavy atom. The van der Waals surface area contributed by atoms with Gasteiger partial charge in [-0.15, -0.1) is 0 Å². The summed E-state index contributed by atoms with van der Waals surface area (Å²) in [5.74, 6) is 0. The summed E-state index contributed by atoms with van der Waals surface area (Å²) < 4.78 is 1.48. The Balaban J connectivity index is 1.85. The number of aromatic amines is 1. The van der Waals surface area contributed by atoms with Crippen molar-refractivity contribution in [3.63, 3.8) is 0 Å². The predicted octanol–water partition coefficient (Wildman–Crippen LogP) is 4.73. The molecule has 3 aromatic carbocycles. The summed E-state index contributed by atoms with van der Waals surface area (Å²) in [6, 6.07) is 24.7. The lowest BCUT2D eigenvalue weighted by Crippen LogP contribution is -2.19. The molecular formula is C26H20N4O2. The number of fused-ring (bicyclic) bond motifs is 1. The number of rotatable bonds is 4. The van der Waals surface area contributed by atoms with Crippen LogP contribution in [0.15, 0.2) is 83.7 Å². The second kappa shape index (κ2) is 7.67. The number of nitrogens with two attached hydrogens (primary N) is 1. The monoisotopic (exact) mass is 420 g/mol. The van der Waals surface area contributed by atoms with Crippen molar-refractivity contribution in [1.29, 1.82) is 0 Å². The maximum atomic E-state index is 13.6. The van der Waals surface area contributed by atoms with E-state index in [1.165, 1.54) is 4.52 Å². The maximum absolute atomic E-state index is 13.6. The molecule has 6 nitrogen and oxygen atoms in total. The number of hydrogen-bond donors (Lipinski definition) is 2. The van der Waals surface area contributed by atoms with Gasteiger partial charge in [0.25, 0.3) is 5.56 Å². The molecule has 6 heteroatoms. The number of carbonyl (C=O) groups is 1. The lowest BCUT2D eigenvalue weighted by Gasteiger charge is -2.08. The van der Waals surface area contributed by atoms with Gasteiger partial charge in [-0.1, -0.05) is 66.7 Å². The van der Waals surface area contributed by atoms with E-state index in [2.05, 4.69) is 5.10 Å². The van der Waals surface area contributed by atoms with Crippen molar-refractivity contribution in [2.45, 2.75) is 6.92 Å². The van der Waals surface area contributed by atoms with Crippen molar-refractivity contribution in [2.75, 3.05) is 5.73 Å². The lowest BCUT2D eigenvalue weighted by molar-refractivity contribution is 0.112. The standard InChI is InChI=1S/C26H20N4O2/c1-16-22(19-12-13-21(27)20(14-19)15-31)26(32)30-25(28-16)23(17-8-4-2-5-9-17)24(29-30)18-10-6-3-7-11-18/h2-15,29H,27H2,1H3. The van der Waals surface area contributed by atoms with Crippen LogP contribution >= 0.6 is 0 Å². The summed E-state index contributed by atoms with van der Waals surface area (Å²) in [7, 11) is 0. The molecule has 0 saturated heterocycles. The highest BCUT2D eigenvalue weighted by molar-refractivity contribution is 5.91. The minimum Gasteiger partial charge on any atom is -0.398 e. The van der Waals surface area contributed by atoms with Crippen LogP contribution in [0.5, 0.6) is 0 Å². The zero-order valence-electron chi connectivity index (χ0n) is 17.4. The highest BCUT2D eigenvalue weighted by atomic mass is 16.1. The summed E-state index contributed by atoms with van der Waals surface area (Å²) in [6.45, 7) is 1.80. The summed E-state index contributed by atoms with van der Waals surface area (Å²) >= 11 is 0. The second-order valence-corrected chi connectivity index (χ2v) is 7.59. The Hall–Kier alpha value is -4.45. The molecule has 156 valence electrons. The number of aryl methyl sites for hydroxylation is 1. The summed E-state index contributed by atoms with van der Waals surface area (Å²) in [4.78, 5) is 29.8. The van der Waals surface area contributed by atoms with Gasteiger partial charge in [0.15, 0.2) is 11.9 Å². The molecule has 5 rings (SSSR count). The first kappa shape index (κ1) is 19.5. The minimum absolute atomic E-state index is 0.242. The minimum atomic E-state index is -0.242. The Labute approximate surface area is 184 Å². The quantitative estimate of drug-likeness (QED) is 0.325. The zero-order chi connectivity index (χ0) is 22.2. The molecule has 0 radical (unpaired) electrons. The van der Waals surface area contributed by atoms with E-state index in [1.807, 2.05) is 60.7 Å². The van der Waals surface area contributed by atoms with Gasteiger partial charge >= 0.3 is 0 Å². The van der Waals surface area contributed by atoms with Gasteiger partial charge in [0.05, 0.1) is 22.5 Å². The third-order valence-electron chi connectivity index (χ3n) is 5.59. The third kappa shape index (κ3) is 3.09. The SMILES string of the molecule is Cc1nc2c(-c3ccccc3)c(-c3ccccc3)[nH]n2c(=O)c1-c1ccc(N)c(C=O)c1. The van der Waals surface area contributed by atoms with Crippen molar-refractivity contribution in [1.82, 2.24) is 14.6 Å². The average Bonchev–Trinajstić information content (AvgIpc) is 3.21. The van der Waals surface area contributed by atoms with Crippen LogP contribution in [0.3, 0.4) is 0 Å². The second-order valence-electron chi connectivity index (χ2n) is 7.59. The number of nitrogen functional groups attached to an aromatic ring is 1. The van der Waals surface area contributed by atoms with Crippen molar-refractivity contribution in [3.8, 4) is 33.5 Å². The molecule has 0 aliphatic rings. The van der Waals surface area contributed by atoms with E-state index in [4.69, 9.17) is 10.7 Å². The molecule has 2 heterocycles. The molecule has 0 spiro atoms. The largest absolute Gasteiger partial charge is 0.398 e. The lowest BCUT2D eigenvalue weighted by atomic mass is 10.0. The fourth-order valence-corrected chi connectivity index (χ4v) is 4.04. The number of nitrogens with one attached hydrogen (secondary N) is 1.